The number of rotatable bonds is 9. The van der Waals surface area contributed by atoms with E-state index in [0.717, 1.165) is 45.3 Å². The van der Waals surface area contributed by atoms with Crippen LogP contribution >= 0.6 is 0 Å². The largest absolute Gasteiger partial charge is 0.508 e. The molecule has 6 bridgehead atoms. The minimum atomic E-state index is -1.13. The van der Waals surface area contributed by atoms with Crippen molar-refractivity contribution in [1.82, 2.24) is 40.4 Å². The predicted molar refractivity (Wildman–Crippen MR) is 252 cm³/mol. The third kappa shape index (κ3) is 9.69. The van der Waals surface area contributed by atoms with E-state index in [9.17, 15) is 29.1 Å². The first-order chi connectivity index (χ1) is 31.6. The number of piperidine rings is 1. The van der Waals surface area contributed by atoms with E-state index in [-0.39, 0.29) is 48.5 Å². The normalized spacial score (nSPS) is 21.8. The molecule has 0 aliphatic carbocycles. The smallest absolute Gasteiger partial charge is 0.324 e. The molecule has 0 radical (unpaired) electrons. The Labute approximate surface area is 387 Å². The first-order valence-electron chi connectivity index (χ1n) is 23.8. The fourth-order valence-electron chi connectivity index (χ4n) is 10.4. The Kier molecular flexibility index (Phi) is 13.6. The highest BCUT2D eigenvalue weighted by Gasteiger charge is 2.41. The lowest BCUT2D eigenvalue weighted by atomic mass is 9.84. The van der Waals surface area contributed by atoms with Crippen LogP contribution in [0.1, 0.15) is 83.9 Å². The van der Waals surface area contributed by atoms with Gasteiger partial charge in [0.05, 0.1) is 18.3 Å². The van der Waals surface area contributed by atoms with Gasteiger partial charge in [-0.15, -0.1) is 0 Å². The van der Waals surface area contributed by atoms with Crippen LogP contribution in [0.15, 0.2) is 54.9 Å². The number of aromatic hydroxyl groups is 1. The van der Waals surface area contributed by atoms with Crippen molar-refractivity contribution in [3.63, 3.8) is 0 Å². The summed E-state index contributed by atoms with van der Waals surface area (Å²) in [6.07, 6.45) is 7.18. The van der Waals surface area contributed by atoms with Crippen LogP contribution in [0, 0.1) is 17.3 Å². The van der Waals surface area contributed by atoms with Crippen molar-refractivity contribution < 1.29 is 33.8 Å². The molecule has 66 heavy (non-hydrogen) atoms. The van der Waals surface area contributed by atoms with Gasteiger partial charge in [0.15, 0.2) is 0 Å². The lowest BCUT2D eigenvalue weighted by Gasteiger charge is -2.38. The van der Waals surface area contributed by atoms with E-state index in [2.05, 4.69) is 71.5 Å². The number of hydrogen-bond donors (Lipinski definition) is 4. The summed E-state index contributed by atoms with van der Waals surface area (Å²) in [7, 11) is 1.63. The van der Waals surface area contributed by atoms with Crippen LogP contribution in [0.25, 0.3) is 33.3 Å². The highest BCUT2D eigenvalue weighted by Crippen LogP contribution is 2.41. The van der Waals surface area contributed by atoms with Crippen molar-refractivity contribution in [2.75, 3.05) is 39.8 Å². The maximum absolute atomic E-state index is 14.7. The molecule has 4 aliphatic rings. The van der Waals surface area contributed by atoms with Gasteiger partial charge in [-0.05, 0) is 110 Å². The maximum Gasteiger partial charge on any atom is 0.324 e. The second-order valence-corrected chi connectivity index (χ2v) is 19.8. The topological polar surface area (TPSA) is 188 Å². The summed E-state index contributed by atoms with van der Waals surface area (Å²) in [6.45, 7) is 15.0. The number of pyridine rings is 1. The van der Waals surface area contributed by atoms with Crippen LogP contribution in [0.3, 0.4) is 0 Å². The summed E-state index contributed by atoms with van der Waals surface area (Å²) >= 11 is 0. The quantitative estimate of drug-likeness (QED) is 0.132. The maximum atomic E-state index is 14.7. The average molecular weight is 903 g/mol. The summed E-state index contributed by atoms with van der Waals surface area (Å²) in [5, 5.41) is 19.9. The number of ether oxygens (including phenoxy) is 1. The molecule has 4 aliphatic heterocycles. The number of carbonyl (C=O) groups excluding carboxylic acids is 5. The molecule has 3 saturated heterocycles. The number of amides is 4. The van der Waals surface area contributed by atoms with Crippen molar-refractivity contribution in [3.05, 3.63) is 71.5 Å². The van der Waals surface area contributed by atoms with Crippen LogP contribution < -0.4 is 16.1 Å². The number of nitrogens with zero attached hydrogens (tertiary/aromatic N) is 5. The molecule has 4 N–H and O–H groups in total. The third-order valence-electron chi connectivity index (χ3n) is 13.9. The van der Waals surface area contributed by atoms with Crippen LogP contribution in [-0.4, -0.2) is 123 Å². The van der Waals surface area contributed by atoms with Crippen LogP contribution in [-0.2, 0) is 54.5 Å². The molecular weight excluding hydrogens is 837 g/mol. The molecule has 2 aromatic carbocycles. The minimum Gasteiger partial charge on any atom is -0.508 e. The number of nitrogens with one attached hydrogen (secondary N) is 3. The Morgan fingerprint density at radius 2 is 1.77 bits per heavy atom. The molecule has 15 nitrogen and oxygen atoms in total. The minimum absolute atomic E-state index is 0.0103. The summed E-state index contributed by atoms with van der Waals surface area (Å²) < 4.78 is 8.44. The van der Waals surface area contributed by atoms with Gasteiger partial charge in [0.25, 0.3) is 5.91 Å². The van der Waals surface area contributed by atoms with E-state index >= 15 is 0 Å². The first kappa shape index (κ1) is 46.7. The SMILES string of the molecule is CCc1ccncc1-c1c2c3cc(ccc3n1CC)-c1cc(O)cc(c1)C[C@H](NC(=O)[C@H](C(C)C)N(C)C(=O)C1CCN(C(=O)[C@H]3CN3)CC1)C(=O)N1CCC[C@H](N1)C(=O)OCC(C)(C)C2. The number of cyclic esters (lactones) is 1. The Hall–Kier alpha value is -5.80. The molecule has 4 atom stereocenters. The number of benzene rings is 2. The molecule has 4 aromatic rings. The molecule has 8 rings (SSSR count). The number of likely N-dealkylation sites (tertiary alicyclic amines) is 1. The molecular formula is C51H66N8O7. The van der Waals surface area contributed by atoms with Gasteiger partial charge in [0.1, 0.15) is 23.9 Å². The lowest BCUT2D eigenvalue weighted by molar-refractivity contribution is -0.155. The fourth-order valence-corrected chi connectivity index (χ4v) is 10.4. The number of hydrogen-bond acceptors (Lipinski definition) is 10. The standard InChI is InChI=1S/C51H66N8O7/c1-8-32-14-17-52-27-39(32)45-38-26-51(5,6)29-66-50(65)40-11-10-18-59(55-40)49(64)41(23-31-21-35(24-36(60)22-31)34-12-13-43(37(38)25-34)58(45)9-2)54-46(61)44(30(3)4)56(7)47(62)33-15-19-57(20-16-33)48(63)42-28-53-42/h12-14,17,21-22,24-25,27,30,33,40-42,44,53,55,60H,8-11,15-16,18-20,23,26,28-29H2,1-7H3,(H,54,61)/t40-,41-,42+,44-/m0/s1. The zero-order chi connectivity index (χ0) is 47.0. The highest BCUT2D eigenvalue weighted by molar-refractivity contribution is 5.96. The molecule has 0 saturated carbocycles. The average Bonchev–Trinajstić information content (AvgIpc) is 4.12. The van der Waals surface area contributed by atoms with Gasteiger partial charge in [0.2, 0.25) is 17.7 Å². The number of phenolic OH excluding ortho intramolecular Hbond substituents is 1. The highest BCUT2D eigenvalue weighted by atomic mass is 16.5. The Bertz CT molecular complexity index is 2500. The van der Waals surface area contributed by atoms with E-state index in [0.29, 0.717) is 70.4 Å². The lowest BCUT2D eigenvalue weighted by Crippen LogP contribution is -2.62. The molecule has 3 fully saturated rings. The number of aromatic nitrogens is 2. The zero-order valence-electron chi connectivity index (χ0n) is 39.5. The zero-order valence-corrected chi connectivity index (χ0v) is 39.5. The van der Waals surface area contributed by atoms with E-state index in [1.165, 1.54) is 15.5 Å². The van der Waals surface area contributed by atoms with E-state index < -0.39 is 41.3 Å². The van der Waals surface area contributed by atoms with Crippen LogP contribution in [0.4, 0.5) is 0 Å². The molecule has 4 amide bonds. The van der Waals surface area contributed by atoms with Gasteiger partial charge < -0.3 is 34.8 Å². The van der Waals surface area contributed by atoms with Crippen molar-refractivity contribution >= 4 is 40.5 Å². The molecule has 0 unspecified atom stereocenters. The molecule has 352 valence electrons. The number of aryl methyl sites for hydroxylation is 2. The van der Waals surface area contributed by atoms with Gasteiger partial charge in [-0.25, -0.2) is 5.43 Å². The Morgan fingerprint density at radius 3 is 2.47 bits per heavy atom. The predicted octanol–water partition coefficient (Wildman–Crippen LogP) is 5.00. The van der Waals surface area contributed by atoms with Gasteiger partial charge in [0, 0.05) is 86.4 Å². The number of phenols is 1. The second-order valence-electron chi connectivity index (χ2n) is 19.8. The van der Waals surface area contributed by atoms with Gasteiger partial charge in [-0.1, -0.05) is 46.8 Å². The van der Waals surface area contributed by atoms with E-state index in [1.807, 2.05) is 38.4 Å². The summed E-state index contributed by atoms with van der Waals surface area (Å²) in [6, 6.07) is 10.7. The van der Waals surface area contributed by atoms with Crippen molar-refractivity contribution in [1.29, 1.82) is 0 Å². The number of hydrazine groups is 1. The Morgan fingerprint density at radius 1 is 1.02 bits per heavy atom. The number of fused-ring (bicyclic) bond motifs is 6. The number of esters is 1. The van der Waals surface area contributed by atoms with Crippen LogP contribution in [0.5, 0.6) is 5.75 Å². The number of likely N-dealkylation sites (N-methyl/N-ethyl adjacent to an activating group) is 1. The molecule has 15 heteroatoms. The Balaban J connectivity index is 1.15. The van der Waals surface area contributed by atoms with Gasteiger partial charge >= 0.3 is 5.97 Å². The van der Waals surface area contributed by atoms with E-state index in [1.54, 1.807) is 24.1 Å². The monoisotopic (exact) mass is 903 g/mol. The summed E-state index contributed by atoms with van der Waals surface area (Å²) in [5.41, 5.74) is 10.3. The molecule has 0 spiro atoms. The van der Waals surface area contributed by atoms with Crippen LogP contribution in [0.2, 0.25) is 0 Å². The summed E-state index contributed by atoms with van der Waals surface area (Å²) in [4.78, 5) is 77.8. The summed E-state index contributed by atoms with van der Waals surface area (Å²) in [5.74, 6) is -2.16. The van der Waals surface area contributed by atoms with Gasteiger partial charge in [-0.2, -0.15) is 0 Å². The van der Waals surface area contributed by atoms with Crippen molar-refractivity contribution in [3.8, 4) is 28.1 Å². The third-order valence-corrected chi connectivity index (χ3v) is 13.9. The van der Waals surface area contributed by atoms with E-state index in [4.69, 9.17) is 4.74 Å². The van der Waals surface area contributed by atoms with Crippen molar-refractivity contribution in [2.45, 2.75) is 117 Å². The first-order valence-corrected chi connectivity index (χ1v) is 23.8. The fraction of sp³-hybridized carbons (Fsp3) is 0.529. The molecule has 6 heterocycles. The van der Waals surface area contributed by atoms with Gasteiger partial charge in [-0.3, -0.25) is 34.0 Å². The molecule has 2 aromatic heterocycles. The number of carbonyl (C=O) groups is 5. The van der Waals surface area contributed by atoms with Crippen molar-refractivity contribution in [2.24, 2.45) is 17.3 Å². The second kappa shape index (κ2) is 19.2.